The normalized spacial score (nSPS) is 10.0. The van der Waals surface area contributed by atoms with Gasteiger partial charge in [-0.1, -0.05) is 0 Å². The molecule has 1 aromatic heterocycles. The Labute approximate surface area is 68.8 Å². The minimum absolute atomic E-state index is 0.348. The number of hydrogen-bond donors (Lipinski definition) is 2. The second-order valence-corrected chi connectivity index (χ2v) is 1.90. The molecule has 0 saturated carbocycles. The summed E-state index contributed by atoms with van der Waals surface area (Å²) in [6, 6.07) is 0. The fourth-order valence-electron chi connectivity index (χ4n) is 0.599. The summed E-state index contributed by atoms with van der Waals surface area (Å²) in [5.41, 5.74) is 0. The number of carbonyl (C=O) groups excluding carboxylic acids is 1. The van der Waals surface area contributed by atoms with Gasteiger partial charge in [0, 0.05) is 18.5 Å². The SMILES string of the molecule is O=C(C=CO)Nc1cnccn1. The van der Waals surface area contributed by atoms with Crippen molar-refractivity contribution in [2.75, 3.05) is 5.32 Å². The molecule has 0 saturated heterocycles. The van der Waals surface area contributed by atoms with Gasteiger partial charge in [0.15, 0.2) is 5.82 Å². The Morgan fingerprint density at radius 2 is 2.42 bits per heavy atom. The van der Waals surface area contributed by atoms with Crippen molar-refractivity contribution < 1.29 is 9.90 Å². The van der Waals surface area contributed by atoms with Crippen molar-refractivity contribution in [3.05, 3.63) is 30.9 Å². The van der Waals surface area contributed by atoms with Crippen LogP contribution in [0.15, 0.2) is 30.9 Å². The largest absolute Gasteiger partial charge is 0.515 e. The first-order valence-corrected chi connectivity index (χ1v) is 3.20. The number of aromatic nitrogens is 2. The summed E-state index contributed by atoms with van der Waals surface area (Å²) in [6.07, 6.45) is 6.00. The van der Waals surface area contributed by atoms with Crippen LogP contribution in [-0.2, 0) is 4.79 Å². The van der Waals surface area contributed by atoms with Crippen LogP contribution in [0.3, 0.4) is 0 Å². The number of rotatable bonds is 2. The van der Waals surface area contributed by atoms with E-state index in [0.29, 0.717) is 12.1 Å². The molecule has 0 aliphatic rings. The minimum atomic E-state index is -0.446. The van der Waals surface area contributed by atoms with Crippen molar-refractivity contribution in [2.24, 2.45) is 0 Å². The zero-order chi connectivity index (χ0) is 8.81. The predicted octanol–water partition coefficient (Wildman–Crippen LogP) is 0.487. The third-order valence-electron chi connectivity index (χ3n) is 1.04. The number of nitrogens with zero attached hydrogens (tertiary/aromatic N) is 2. The lowest BCUT2D eigenvalue weighted by Gasteiger charge is -1.97. The monoisotopic (exact) mass is 165 g/mol. The summed E-state index contributed by atoms with van der Waals surface area (Å²) in [4.78, 5) is 18.3. The predicted molar refractivity (Wildman–Crippen MR) is 42.4 cm³/mol. The fourth-order valence-corrected chi connectivity index (χ4v) is 0.599. The number of aliphatic hydroxyl groups is 1. The third kappa shape index (κ3) is 2.37. The molecule has 0 atom stereocenters. The maximum absolute atomic E-state index is 10.8. The molecule has 0 spiro atoms. The maximum atomic E-state index is 10.8. The van der Waals surface area contributed by atoms with Gasteiger partial charge >= 0.3 is 0 Å². The molecule has 1 rings (SSSR count). The van der Waals surface area contributed by atoms with E-state index in [2.05, 4.69) is 15.3 Å². The molecule has 5 heteroatoms. The van der Waals surface area contributed by atoms with Crippen molar-refractivity contribution in [3.63, 3.8) is 0 Å². The molecule has 0 aliphatic carbocycles. The van der Waals surface area contributed by atoms with E-state index in [1.165, 1.54) is 18.6 Å². The summed E-state index contributed by atoms with van der Waals surface area (Å²) in [5.74, 6) is -0.0985. The van der Waals surface area contributed by atoms with Crippen LogP contribution < -0.4 is 5.32 Å². The van der Waals surface area contributed by atoms with Gasteiger partial charge in [0.1, 0.15) is 0 Å². The molecule has 5 nitrogen and oxygen atoms in total. The molecular weight excluding hydrogens is 158 g/mol. The molecular formula is C7H7N3O2. The van der Waals surface area contributed by atoms with Gasteiger partial charge in [-0.3, -0.25) is 9.78 Å². The summed E-state index contributed by atoms with van der Waals surface area (Å²) in [6.45, 7) is 0. The molecule has 0 aromatic carbocycles. The summed E-state index contributed by atoms with van der Waals surface area (Å²) in [7, 11) is 0. The average molecular weight is 165 g/mol. The Morgan fingerprint density at radius 1 is 1.58 bits per heavy atom. The number of nitrogens with one attached hydrogen (secondary N) is 1. The molecule has 1 amide bonds. The fraction of sp³-hybridized carbons (Fsp3) is 0. The van der Waals surface area contributed by atoms with Crippen molar-refractivity contribution in [1.29, 1.82) is 0 Å². The van der Waals surface area contributed by atoms with Crippen molar-refractivity contribution in [2.45, 2.75) is 0 Å². The minimum Gasteiger partial charge on any atom is -0.515 e. The molecule has 0 fully saturated rings. The summed E-state index contributed by atoms with van der Waals surface area (Å²) in [5, 5.41) is 10.6. The van der Waals surface area contributed by atoms with E-state index in [4.69, 9.17) is 5.11 Å². The van der Waals surface area contributed by atoms with Gasteiger partial charge < -0.3 is 10.4 Å². The lowest BCUT2D eigenvalue weighted by atomic mass is 10.5. The number of carbonyl (C=O) groups is 1. The summed E-state index contributed by atoms with van der Waals surface area (Å²) < 4.78 is 0. The average Bonchev–Trinajstić information content (AvgIpc) is 2.06. The standard InChI is InChI=1S/C7H7N3O2/c11-4-1-7(12)10-6-5-8-2-3-9-6/h1-5,11H,(H,9,10,12). The molecule has 62 valence electrons. The second-order valence-electron chi connectivity index (χ2n) is 1.90. The summed E-state index contributed by atoms with van der Waals surface area (Å²) >= 11 is 0. The number of anilines is 1. The van der Waals surface area contributed by atoms with E-state index in [9.17, 15) is 4.79 Å². The molecule has 0 radical (unpaired) electrons. The molecule has 1 heterocycles. The topological polar surface area (TPSA) is 75.1 Å². The first-order valence-electron chi connectivity index (χ1n) is 3.20. The number of aliphatic hydroxyl groups excluding tert-OH is 1. The van der Waals surface area contributed by atoms with Crippen molar-refractivity contribution in [3.8, 4) is 0 Å². The van der Waals surface area contributed by atoms with Gasteiger partial charge in [0.2, 0.25) is 0 Å². The Bertz CT molecular complexity index is 284. The Hall–Kier alpha value is -1.91. The van der Waals surface area contributed by atoms with Crippen molar-refractivity contribution in [1.82, 2.24) is 9.97 Å². The molecule has 1 aromatic rings. The van der Waals surface area contributed by atoms with Gasteiger partial charge in [0.25, 0.3) is 5.91 Å². The lowest BCUT2D eigenvalue weighted by molar-refractivity contribution is -0.112. The highest BCUT2D eigenvalue weighted by atomic mass is 16.2. The van der Waals surface area contributed by atoms with Crippen LogP contribution in [0.5, 0.6) is 0 Å². The molecule has 0 bridgehead atoms. The maximum Gasteiger partial charge on any atom is 0.252 e. The lowest BCUT2D eigenvalue weighted by Crippen LogP contribution is -2.09. The van der Waals surface area contributed by atoms with E-state index in [-0.39, 0.29) is 0 Å². The van der Waals surface area contributed by atoms with E-state index >= 15 is 0 Å². The van der Waals surface area contributed by atoms with Gasteiger partial charge in [-0.2, -0.15) is 0 Å². The van der Waals surface area contributed by atoms with Crippen LogP contribution in [0.2, 0.25) is 0 Å². The van der Waals surface area contributed by atoms with Crippen LogP contribution in [0.1, 0.15) is 0 Å². The smallest absolute Gasteiger partial charge is 0.252 e. The second kappa shape index (κ2) is 4.07. The third-order valence-corrected chi connectivity index (χ3v) is 1.04. The van der Waals surface area contributed by atoms with Gasteiger partial charge in [0.05, 0.1) is 12.5 Å². The molecule has 2 N–H and O–H groups in total. The number of hydrogen-bond acceptors (Lipinski definition) is 4. The van der Waals surface area contributed by atoms with Gasteiger partial charge in [-0.25, -0.2) is 4.98 Å². The first-order chi connectivity index (χ1) is 5.83. The van der Waals surface area contributed by atoms with Crippen LogP contribution in [0, 0.1) is 0 Å². The van der Waals surface area contributed by atoms with Crippen LogP contribution in [0.25, 0.3) is 0 Å². The van der Waals surface area contributed by atoms with E-state index in [1.807, 2.05) is 0 Å². The first kappa shape index (κ1) is 8.19. The zero-order valence-electron chi connectivity index (χ0n) is 6.14. The van der Waals surface area contributed by atoms with Crippen molar-refractivity contribution >= 4 is 11.7 Å². The number of amides is 1. The Balaban J connectivity index is 2.59. The quantitative estimate of drug-likeness (QED) is 0.494. The molecule has 0 aliphatic heterocycles. The highest BCUT2D eigenvalue weighted by molar-refractivity contribution is 5.98. The van der Waals surface area contributed by atoms with Crippen LogP contribution >= 0.6 is 0 Å². The van der Waals surface area contributed by atoms with E-state index < -0.39 is 5.91 Å². The van der Waals surface area contributed by atoms with Crippen LogP contribution in [0.4, 0.5) is 5.82 Å². The molecule has 0 unspecified atom stereocenters. The van der Waals surface area contributed by atoms with Crippen LogP contribution in [-0.4, -0.2) is 21.0 Å². The highest BCUT2D eigenvalue weighted by Crippen LogP contribution is 1.96. The Kier molecular flexibility index (Phi) is 2.78. The Morgan fingerprint density at radius 3 is 3.00 bits per heavy atom. The van der Waals surface area contributed by atoms with E-state index in [0.717, 1.165) is 6.08 Å². The highest BCUT2D eigenvalue weighted by Gasteiger charge is 1.96. The van der Waals surface area contributed by atoms with Gasteiger partial charge in [-0.15, -0.1) is 0 Å². The van der Waals surface area contributed by atoms with Gasteiger partial charge in [-0.05, 0) is 0 Å². The molecule has 12 heavy (non-hydrogen) atoms. The van der Waals surface area contributed by atoms with E-state index in [1.54, 1.807) is 0 Å². The zero-order valence-corrected chi connectivity index (χ0v) is 6.14.